The average Bonchev–Trinajstić information content (AvgIpc) is 2.72. The number of morpholine rings is 1. The Morgan fingerprint density at radius 2 is 2.10 bits per heavy atom. The van der Waals surface area contributed by atoms with E-state index in [0.717, 1.165) is 22.2 Å². The summed E-state index contributed by atoms with van der Waals surface area (Å²) in [6.07, 6.45) is 0. The summed E-state index contributed by atoms with van der Waals surface area (Å²) in [5.41, 5.74) is 3.94. The lowest BCUT2D eigenvalue weighted by Gasteiger charge is -2.38. The van der Waals surface area contributed by atoms with Gasteiger partial charge in [-0.1, -0.05) is 0 Å². The van der Waals surface area contributed by atoms with E-state index in [4.69, 9.17) is 4.74 Å². The summed E-state index contributed by atoms with van der Waals surface area (Å²) < 4.78 is 5.68. The van der Waals surface area contributed by atoms with Gasteiger partial charge in [0.05, 0.1) is 12.2 Å². The lowest BCUT2D eigenvalue weighted by molar-refractivity contribution is -0.0763. The zero-order valence-corrected chi connectivity index (χ0v) is 13.1. The molecule has 0 spiro atoms. The van der Waals surface area contributed by atoms with Crippen LogP contribution in [0.25, 0.3) is 10.9 Å². The second kappa shape index (κ2) is 4.88. The molecule has 1 N–H and O–H groups in total. The molecule has 1 aliphatic rings. The van der Waals surface area contributed by atoms with Crippen molar-refractivity contribution >= 4 is 16.8 Å². The van der Waals surface area contributed by atoms with Crippen molar-refractivity contribution in [3.63, 3.8) is 0 Å². The minimum absolute atomic E-state index is 0.0894. The predicted molar refractivity (Wildman–Crippen MR) is 83.7 cm³/mol. The lowest BCUT2D eigenvalue weighted by Crippen LogP contribution is -2.50. The van der Waals surface area contributed by atoms with Crippen LogP contribution in [0, 0.1) is 13.8 Å². The molecule has 0 aliphatic carbocycles. The number of fused-ring (bicyclic) bond motifs is 1. The van der Waals surface area contributed by atoms with E-state index < -0.39 is 0 Å². The fourth-order valence-corrected chi connectivity index (χ4v) is 2.97. The minimum atomic E-state index is -0.265. The summed E-state index contributed by atoms with van der Waals surface area (Å²) in [5.74, 6) is 0.0894. The SMILES string of the molecule is Cc1[nH]c2ccc(C(=O)N3CCOC(C)(C)C3)cc2c1C. The molecule has 0 radical (unpaired) electrons. The highest BCUT2D eigenvalue weighted by Gasteiger charge is 2.30. The zero-order valence-electron chi connectivity index (χ0n) is 13.1. The monoisotopic (exact) mass is 286 g/mol. The van der Waals surface area contributed by atoms with Crippen LogP contribution in [0.5, 0.6) is 0 Å². The van der Waals surface area contributed by atoms with Crippen LogP contribution in [0.15, 0.2) is 18.2 Å². The van der Waals surface area contributed by atoms with Crippen LogP contribution < -0.4 is 0 Å². The van der Waals surface area contributed by atoms with E-state index in [2.05, 4.69) is 18.8 Å². The summed E-state index contributed by atoms with van der Waals surface area (Å²) in [6, 6.07) is 5.90. The summed E-state index contributed by atoms with van der Waals surface area (Å²) in [5, 5.41) is 1.13. The first kappa shape index (κ1) is 14.1. The van der Waals surface area contributed by atoms with E-state index in [-0.39, 0.29) is 11.5 Å². The number of carbonyl (C=O) groups excluding carboxylic acids is 1. The van der Waals surface area contributed by atoms with E-state index in [9.17, 15) is 4.79 Å². The molecule has 1 saturated heterocycles. The molecule has 2 heterocycles. The van der Waals surface area contributed by atoms with Crippen LogP contribution in [0.3, 0.4) is 0 Å². The van der Waals surface area contributed by atoms with E-state index in [0.29, 0.717) is 19.7 Å². The smallest absolute Gasteiger partial charge is 0.254 e. The number of rotatable bonds is 1. The van der Waals surface area contributed by atoms with Gasteiger partial charge >= 0.3 is 0 Å². The van der Waals surface area contributed by atoms with E-state index >= 15 is 0 Å². The van der Waals surface area contributed by atoms with Crippen LogP contribution in [-0.2, 0) is 4.74 Å². The van der Waals surface area contributed by atoms with Crippen LogP contribution in [-0.4, -0.2) is 41.1 Å². The van der Waals surface area contributed by atoms with E-state index in [1.165, 1.54) is 5.56 Å². The number of nitrogens with one attached hydrogen (secondary N) is 1. The Bertz CT molecular complexity index is 700. The quantitative estimate of drug-likeness (QED) is 0.876. The van der Waals surface area contributed by atoms with Crippen molar-refractivity contribution in [3.8, 4) is 0 Å². The Morgan fingerprint density at radius 3 is 2.81 bits per heavy atom. The molecule has 0 saturated carbocycles. The van der Waals surface area contributed by atoms with Gasteiger partial charge in [-0.15, -0.1) is 0 Å². The average molecular weight is 286 g/mol. The predicted octanol–water partition coefficient (Wildman–Crippen LogP) is 3.04. The Labute approximate surface area is 125 Å². The van der Waals surface area contributed by atoms with E-state index in [1.807, 2.05) is 36.9 Å². The Kier molecular flexibility index (Phi) is 3.29. The highest BCUT2D eigenvalue weighted by Crippen LogP contribution is 2.24. The van der Waals surface area contributed by atoms with Gasteiger partial charge in [-0.05, 0) is 51.5 Å². The Balaban J connectivity index is 1.92. The number of hydrogen-bond acceptors (Lipinski definition) is 2. The molecule has 1 amide bonds. The maximum atomic E-state index is 12.7. The van der Waals surface area contributed by atoms with Gasteiger partial charge in [0.2, 0.25) is 0 Å². The topological polar surface area (TPSA) is 45.3 Å². The number of nitrogens with zero attached hydrogens (tertiary/aromatic N) is 1. The standard InChI is InChI=1S/C17H22N2O2/c1-11-12(2)18-15-6-5-13(9-14(11)15)16(20)19-7-8-21-17(3,4)10-19/h5-6,9,18H,7-8,10H2,1-4H3. The number of ether oxygens (including phenoxy) is 1. The molecular weight excluding hydrogens is 264 g/mol. The second-order valence-electron chi connectivity index (χ2n) is 6.47. The first-order chi connectivity index (χ1) is 9.87. The molecule has 4 heteroatoms. The maximum Gasteiger partial charge on any atom is 0.254 e. The van der Waals surface area contributed by atoms with Gasteiger partial charge < -0.3 is 14.6 Å². The third-order valence-corrected chi connectivity index (χ3v) is 4.27. The highest BCUT2D eigenvalue weighted by atomic mass is 16.5. The molecule has 1 fully saturated rings. The first-order valence-corrected chi connectivity index (χ1v) is 7.39. The molecule has 112 valence electrons. The van der Waals surface area contributed by atoms with Gasteiger partial charge in [0, 0.05) is 35.2 Å². The number of benzene rings is 1. The van der Waals surface area contributed by atoms with Crippen molar-refractivity contribution in [3.05, 3.63) is 35.0 Å². The third kappa shape index (κ3) is 2.56. The third-order valence-electron chi connectivity index (χ3n) is 4.27. The molecule has 1 aromatic carbocycles. The van der Waals surface area contributed by atoms with Gasteiger partial charge in [0.25, 0.3) is 5.91 Å². The Morgan fingerprint density at radius 1 is 1.33 bits per heavy atom. The van der Waals surface area contributed by atoms with Gasteiger partial charge in [-0.2, -0.15) is 0 Å². The number of hydrogen-bond donors (Lipinski definition) is 1. The summed E-state index contributed by atoms with van der Waals surface area (Å²) in [4.78, 5) is 17.9. The number of H-pyrrole nitrogens is 1. The van der Waals surface area contributed by atoms with Crippen molar-refractivity contribution in [2.24, 2.45) is 0 Å². The van der Waals surface area contributed by atoms with Crippen LogP contribution in [0.1, 0.15) is 35.5 Å². The minimum Gasteiger partial charge on any atom is -0.372 e. The highest BCUT2D eigenvalue weighted by molar-refractivity contribution is 5.99. The van der Waals surface area contributed by atoms with Gasteiger partial charge in [0.15, 0.2) is 0 Å². The Hall–Kier alpha value is -1.81. The van der Waals surface area contributed by atoms with Gasteiger partial charge in [-0.3, -0.25) is 4.79 Å². The van der Waals surface area contributed by atoms with Gasteiger partial charge in [0.1, 0.15) is 0 Å². The van der Waals surface area contributed by atoms with Crippen LogP contribution in [0.2, 0.25) is 0 Å². The molecule has 4 nitrogen and oxygen atoms in total. The maximum absolute atomic E-state index is 12.7. The normalized spacial score (nSPS) is 18.2. The molecule has 21 heavy (non-hydrogen) atoms. The molecule has 0 atom stereocenters. The van der Waals surface area contributed by atoms with Gasteiger partial charge in [-0.25, -0.2) is 0 Å². The molecule has 1 aliphatic heterocycles. The molecule has 2 aromatic rings. The fraction of sp³-hybridized carbons (Fsp3) is 0.471. The lowest BCUT2D eigenvalue weighted by atomic mass is 10.0. The number of carbonyl (C=O) groups is 1. The molecule has 1 aromatic heterocycles. The van der Waals surface area contributed by atoms with Crippen molar-refractivity contribution in [1.29, 1.82) is 0 Å². The summed E-state index contributed by atoms with van der Waals surface area (Å²) >= 11 is 0. The molecule has 0 bridgehead atoms. The van der Waals surface area contributed by atoms with E-state index in [1.54, 1.807) is 0 Å². The summed E-state index contributed by atoms with van der Waals surface area (Å²) in [6.45, 7) is 10.1. The number of amides is 1. The largest absolute Gasteiger partial charge is 0.372 e. The van der Waals surface area contributed by atoms with Crippen molar-refractivity contribution < 1.29 is 9.53 Å². The van der Waals surface area contributed by atoms with Crippen molar-refractivity contribution in [2.45, 2.75) is 33.3 Å². The number of aromatic nitrogens is 1. The molecule has 0 unspecified atom stereocenters. The zero-order chi connectivity index (χ0) is 15.2. The van der Waals surface area contributed by atoms with Crippen molar-refractivity contribution in [2.75, 3.05) is 19.7 Å². The number of aryl methyl sites for hydroxylation is 2. The fourth-order valence-electron chi connectivity index (χ4n) is 2.97. The van der Waals surface area contributed by atoms with Crippen molar-refractivity contribution in [1.82, 2.24) is 9.88 Å². The first-order valence-electron chi connectivity index (χ1n) is 7.39. The summed E-state index contributed by atoms with van der Waals surface area (Å²) in [7, 11) is 0. The van der Waals surface area contributed by atoms with Crippen LogP contribution >= 0.6 is 0 Å². The molecule has 3 rings (SSSR count). The number of aromatic amines is 1. The van der Waals surface area contributed by atoms with Crippen LogP contribution in [0.4, 0.5) is 0 Å². The molecular formula is C17H22N2O2. The second-order valence-corrected chi connectivity index (χ2v) is 6.47.